The molecule has 1 aromatic heterocycles. The Morgan fingerprint density at radius 1 is 1.73 bits per heavy atom. The molecule has 0 radical (unpaired) electrons. The molecule has 0 saturated carbocycles. The lowest BCUT2D eigenvalue weighted by Gasteiger charge is -2.00. The van der Waals surface area contributed by atoms with E-state index >= 15 is 0 Å². The first kappa shape index (κ1) is 7.94. The average molecular weight is 156 g/mol. The summed E-state index contributed by atoms with van der Waals surface area (Å²) in [5, 5.41) is 0. The molecule has 1 aromatic rings. The monoisotopic (exact) mass is 156 g/mol. The third kappa shape index (κ3) is 1.46. The number of halogens is 1. The van der Waals surface area contributed by atoms with Gasteiger partial charge in [-0.25, -0.2) is 4.39 Å². The van der Waals surface area contributed by atoms with E-state index in [0.29, 0.717) is 5.56 Å². The highest BCUT2D eigenvalue weighted by Crippen LogP contribution is 1.95. The van der Waals surface area contributed by atoms with Gasteiger partial charge in [-0.15, -0.1) is 0 Å². The van der Waals surface area contributed by atoms with Crippen LogP contribution in [0.25, 0.3) is 0 Å². The highest BCUT2D eigenvalue weighted by Gasteiger charge is 2.01. The lowest BCUT2D eigenvalue weighted by Crippen LogP contribution is -2.22. The van der Waals surface area contributed by atoms with Crippen molar-refractivity contribution < 1.29 is 4.39 Å². The first-order valence-electron chi connectivity index (χ1n) is 3.20. The number of aromatic nitrogens is 1. The molecular formula is C7H9FN2O. The molecule has 0 atom stereocenters. The second kappa shape index (κ2) is 2.84. The summed E-state index contributed by atoms with van der Waals surface area (Å²) in [5.41, 5.74) is 5.27. The smallest absolute Gasteiger partial charge is 0.254 e. The van der Waals surface area contributed by atoms with Crippen molar-refractivity contribution in [1.29, 1.82) is 0 Å². The maximum absolute atomic E-state index is 12.6. The van der Waals surface area contributed by atoms with E-state index < -0.39 is 5.82 Å². The Kier molecular flexibility index (Phi) is 2.05. The summed E-state index contributed by atoms with van der Waals surface area (Å²) < 4.78 is 13.8. The van der Waals surface area contributed by atoms with Crippen LogP contribution in [0, 0.1) is 5.82 Å². The number of pyridine rings is 1. The van der Waals surface area contributed by atoms with Crippen molar-refractivity contribution >= 4 is 0 Å². The maximum Gasteiger partial charge on any atom is 0.254 e. The zero-order valence-corrected chi connectivity index (χ0v) is 6.17. The van der Waals surface area contributed by atoms with Gasteiger partial charge in [-0.3, -0.25) is 4.79 Å². The molecule has 0 aliphatic rings. The highest BCUT2D eigenvalue weighted by molar-refractivity contribution is 5.10. The van der Waals surface area contributed by atoms with Crippen molar-refractivity contribution in [2.24, 2.45) is 12.8 Å². The first-order valence-corrected chi connectivity index (χ1v) is 3.20. The number of aryl methyl sites for hydroxylation is 1. The fraction of sp³-hybridized carbons (Fsp3) is 0.286. The molecule has 0 bridgehead atoms. The summed E-state index contributed by atoms with van der Waals surface area (Å²) in [7, 11) is 1.49. The predicted molar refractivity (Wildman–Crippen MR) is 39.5 cm³/mol. The molecule has 0 aromatic carbocycles. The molecule has 2 N–H and O–H groups in total. The second-order valence-corrected chi connectivity index (χ2v) is 2.30. The van der Waals surface area contributed by atoms with Crippen LogP contribution >= 0.6 is 0 Å². The number of nitrogens with two attached hydrogens (primary N) is 1. The molecule has 60 valence electrons. The topological polar surface area (TPSA) is 48.0 Å². The van der Waals surface area contributed by atoms with E-state index in [1.165, 1.54) is 11.6 Å². The fourth-order valence-electron chi connectivity index (χ4n) is 0.882. The third-order valence-electron chi connectivity index (χ3n) is 1.44. The zero-order valence-electron chi connectivity index (χ0n) is 6.17. The van der Waals surface area contributed by atoms with Gasteiger partial charge in [0.25, 0.3) is 5.56 Å². The molecule has 0 aliphatic carbocycles. The summed E-state index contributed by atoms with van der Waals surface area (Å²) in [6.45, 7) is 0.0738. The second-order valence-electron chi connectivity index (χ2n) is 2.30. The van der Waals surface area contributed by atoms with E-state index in [1.54, 1.807) is 0 Å². The van der Waals surface area contributed by atoms with Gasteiger partial charge in [0.05, 0.1) is 0 Å². The number of nitrogens with zero attached hydrogens (tertiary/aromatic N) is 1. The van der Waals surface area contributed by atoms with Crippen LogP contribution in [0.15, 0.2) is 17.1 Å². The van der Waals surface area contributed by atoms with Gasteiger partial charge in [-0.05, 0) is 6.07 Å². The van der Waals surface area contributed by atoms with Crippen LogP contribution in [-0.2, 0) is 13.6 Å². The predicted octanol–water partition coefficient (Wildman–Crippen LogP) is -0.0169. The summed E-state index contributed by atoms with van der Waals surface area (Å²) >= 11 is 0. The molecule has 3 nitrogen and oxygen atoms in total. The minimum atomic E-state index is -0.437. The molecule has 0 amide bonds. The highest BCUT2D eigenvalue weighted by atomic mass is 19.1. The van der Waals surface area contributed by atoms with Gasteiger partial charge in [-0.1, -0.05) is 0 Å². The average Bonchev–Trinajstić information content (AvgIpc) is 1.96. The Labute approximate surface area is 63.3 Å². The van der Waals surface area contributed by atoms with Gasteiger partial charge < -0.3 is 10.3 Å². The summed E-state index contributed by atoms with van der Waals surface area (Å²) in [6, 6.07) is 1.16. The van der Waals surface area contributed by atoms with Crippen molar-refractivity contribution in [2.45, 2.75) is 6.54 Å². The molecular weight excluding hydrogens is 147 g/mol. The van der Waals surface area contributed by atoms with Crippen LogP contribution < -0.4 is 11.3 Å². The maximum atomic E-state index is 12.6. The van der Waals surface area contributed by atoms with Crippen LogP contribution in [0.5, 0.6) is 0 Å². The zero-order chi connectivity index (χ0) is 8.43. The van der Waals surface area contributed by atoms with Crippen LogP contribution in [0.3, 0.4) is 0 Å². The number of rotatable bonds is 1. The van der Waals surface area contributed by atoms with Gasteiger partial charge >= 0.3 is 0 Å². The number of hydrogen-bond acceptors (Lipinski definition) is 2. The summed E-state index contributed by atoms with van der Waals surface area (Å²) in [6.07, 6.45) is 1.13. The molecule has 1 rings (SSSR count). The van der Waals surface area contributed by atoms with E-state index in [-0.39, 0.29) is 12.1 Å². The van der Waals surface area contributed by atoms with Crippen LogP contribution in [0.4, 0.5) is 4.39 Å². The molecule has 0 unspecified atom stereocenters. The molecule has 0 saturated heterocycles. The van der Waals surface area contributed by atoms with Crippen molar-refractivity contribution in [3.05, 3.63) is 34.0 Å². The Balaban J connectivity index is 3.37. The summed E-state index contributed by atoms with van der Waals surface area (Å²) in [5.74, 6) is -0.437. The van der Waals surface area contributed by atoms with E-state index in [9.17, 15) is 9.18 Å². The van der Waals surface area contributed by atoms with Gasteiger partial charge in [-0.2, -0.15) is 0 Å². The lowest BCUT2D eigenvalue weighted by atomic mass is 10.3. The number of hydrogen-bond donors (Lipinski definition) is 1. The van der Waals surface area contributed by atoms with Gasteiger partial charge in [0.2, 0.25) is 0 Å². The Morgan fingerprint density at radius 3 is 2.91 bits per heavy atom. The van der Waals surface area contributed by atoms with Gasteiger partial charge in [0.1, 0.15) is 5.82 Å². The largest absolute Gasteiger partial charge is 0.326 e. The van der Waals surface area contributed by atoms with E-state index in [4.69, 9.17) is 5.73 Å². The van der Waals surface area contributed by atoms with Crippen LogP contribution in [-0.4, -0.2) is 4.57 Å². The van der Waals surface area contributed by atoms with E-state index in [0.717, 1.165) is 12.3 Å². The minimum Gasteiger partial charge on any atom is -0.326 e. The Bertz CT molecular complexity index is 319. The molecule has 1 heterocycles. The molecule has 4 heteroatoms. The van der Waals surface area contributed by atoms with Crippen LogP contribution in [0.2, 0.25) is 0 Å². The normalized spacial score (nSPS) is 10.1. The Hall–Kier alpha value is -1.16. The quantitative estimate of drug-likeness (QED) is 0.621. The first-order chi connectivity index (χ1) is 5.15. The van der Waals surface area contributed by atoms with Crippen molar-refractivity contribution in [2.75, 3.05) is 0 Å². The molecule has 0 fully saturated rings. The van der Waals surface area contributed by atoms with E-state index in [1.807, 2.05) is 0 Å². The van der Waals surface area contributed by atoms with E-state index in [2.05, 4.69) is 0 Å². The lowest BCUT2D eigenvalue weighted by molar-refractivity contribution is 0.600. The van der Waals surface area contributed by atoms with Crippen molar-refractivity contribution in [3.63, 3.8) is 0 Å². The molecule has 11 heavy (non-hydrogen) atoms. The SMILES string of the molecule is Cn1cc(F)cc(CN)c1=O. The molecule has 0 aliphatic heterocycles. The van der Waals surface area contributed by atoms with Crippen molar-refractivity contribution in [3.8, 4) is 0 Å². The third-order valence-corrected chi connectivity index (χ3v) is 1.44. The fourth-order valence-corrected chi connectivity index (χ4v) is 0.882. The van der Waals surface area contributed by atoms with Gasteiger partial charge in [0.15, 0.2) is 0 Å². The Morgan fingerprint density at radius 2 is 2.36 bits per heavy atom. The van der Waals surface area contributed by atoms with Crippen LogP contribution in [0.1, 0.15) is 5.56 Å². The molecule has 0 spiro atoms. The minimum absolute atomic E-state index is 0.0738. The standard InChI is InChI=1S/C7H9FN2O/c1-10-4-6(8)2-5(3-9)7(10)11/h2,4H,3,9H2,1H3. The summed E-state index contributed by atoms with van der Waals surface area (Å²) in [4.78, 5) is 11.1. The van der Waals surface area contributed by atoms with Crippen molar-refractivity contribution in [1.82, 2.24) is 4.57 Å². The van der Waals surface area contributed by atoms with Gasteiger partial charge in [0, 0.05) is 25.4 Å².